The predicted molar refractivity (Wildman–Crippen MR) is 70.2 cm³/mol. The van der Waals surface area contributed by atoms with Gasteiger partial charge in [0, 0.05) is 6.54 Å². The molecule has 16 heavy (non-hydrogen) atoms. The van der Waals surface area contributed by atoms with Crippen LogP contribution in [-0.2, 0) is 4.79 Å². The number of carbonyl (C=O) groups is 1. The molecule has 0 aliphatic heterocycles. The van der Waals surface area contributed by atoms with E-state index in [-0.39, 0.29) is 5.91 Å². The van der Waals surface area contributed by atoms with E-state index in [4.69, 9.17) is 0 Å². The third-order valence-corrected chi connectivity index (χ3v) is 2.14. The maximum absolute atomic E-state index is 11.1. The Morgan fingerprint density at radius 2 is 1.88 bits per heavy atom. The summed E-state index contributed by atoms with van der Waals surface area (Å²) in [4.78, 5) is 11.1. The number of carbonyl (C=O) groups excluding carboxylic acids is 1. The summed E-state index contributed by atoms with van der Waals surface area (Å²) in [5, 5.41) is 2.80. The van der Waals surface area contributed by atoms with E-state index >= 15 is 0 Å². The van der Waals surface area contributed by atoms with Crippen LogP contribution in [0.25, 0.3) is 0 Å². The maximum atomic E-state index is 11.1. The van der Waals surface area contributed by atoms with Crippen LogP contribution in [0.5, 0.6) is 0 Å². The van der Waals surface area contributed by atoms with Gasteiger partial charge in [-0.05, 0) is 46.6 Å². The van der Waals surface area contributed by atoms with Crippen molar-refractivity contribution in [1.82, 2.24) is 5.32 Å². The minimum absolute atomic E-state index is 0.0316. The Labute approximate surface area is 99.1 Å². The van der Waals surface area contributed by atoms with E-state index in [2.05, 4.69) is 38.2 Å². The zero-order valence-electron chi connectivity index (χ0n) is 10.8. The molecular formula is C14H23NO. The highest BCUT2D eigenvalue weighted by molar-refractivity contribution is 5.87. The lowest BCUT2D eigenvalue weighted by molar-refractivity contribution is -0.116. The minimum Gasteiger partial charge on any atom is -0.349 e. The van der Waals surface area contributed by atoms with E-state index in [0.717, 1.165) is 12.8 Å². The molecule has 0 saturated carbocycles. The molecule has 0 heterocycles. The molecule has 0 bridgehead atoms. The fraction of sp³-hybridized carbons (Fsp3) is 0.500. The molecule has 1 amide bonds. The van der Waals surface area contributed by atoms with Crippen LogP contribution in [0.15, 0.2) is 35.5 Å². The first-order chi connectivity index (χ1) is 7.56. The highest BCUT2D eigenvalue weighted by Gasteiger charge is 1.92. The van der Waals surface area contributed by atoms with Gasteiger partial charge in [-0.25, -0.2) is 0 Å². The average molecular weight is 221 g/mol. The van der Waals surface area contributed by atoms with Gasteiger partial charge in [0.2, 0.25) is 5.91 Å². The van der Waals surface area contributed by atoms with E-state index < -0.39 is 0 Å². The number of hydrogen-bond donors (Lipinski definition) is 1. The van der Waals surface area contributed by atoms with Crippen LogP contribution in [-0.4, -0.2) is 12.5 Å². The quantitative estimate of drug-likeness (QED) is 0.540. The van der Waals surface area contributed by atoms with Crippen molar-refractivity contribution in [3.05, 3.63) is 35.5 Å². The second-order valence-corrected chi connectivity index (χ2v) is 4.12. The van der Waals surface area contributed by atoms with Gasteiger partial charge >= 0.3 is 0 Å². The molecule has 0 aromatic rings. The summed E-state index contributed by atoms with van der Waals surface area (Å²) in [6.45, 7) is 8.76. The van der Waals surface area contributed by atoms with Crippen LogP contribution in [0.2, 0.25) is 0 Å². The van der Waals surface area contributed by atoms with Gasteiger partial charge < -0.3 is 5.32 Å². The first-order valence-electron chi connectivity index (χ1n) is 5.75. The van der Waals surface area contributed by atoms with Crippen molar-refractivity contribution >= 4 is 5.91 Å². The Hall–Kier alpha value is -1.31. The molecule has 2 nitrogen and oxygen atoms in total. The second kappa shape index (κ2) is 8.96. The molecule has 90 valence electrons. The van der Waals surface area contributed by atoms with Gasteiger partial charge in [0.25, 0.3) is 0 Å². The first kappa shape index (κ1) is 14.7. The lowest BCUT2D eigenvalue weighted by Gasteiger charge is -2.00. The fourth-order valence-corrected chi connectivity index (χ4v) is 1.23. The molecular weight excluding hydrogens is 198 g/mol. The summed E-state index contributed by atoms with van der Waals surface area (Å²) in [6.07, 6.45) is 9.71. The van der Waals surface area contributed by atoms with Crippen molar-refractivity contribution in [2.24, 2.45) is 0 Å². The number of nitrogens with one attached hydrogen (secondary N) is 1. The van der Waals surface area contributed by atoms with E-state index in [1.165, 1.54) is 17.2 Å². The molecule has 0 unspecified atom stereocenters. The normalized spacial score (nSPS) is 11.6. The lowest BCUT2D eigenvalue weighted by atomic mass is 10.1. The molecule has 0 atom stereocenters. The van der Waals surface area contributed by atoms with Crippen molar-refractivity contribution in [2.45, 2.75) is 40.5 Å². The smallest absolute Gasteiger partial charge is 0.243 e. The monoisotopic (exact) mass is 221 g/mol. The SMILES string of the molecule is C/C=C\C(=O)NC/C=C(\C)CCC=C(C)C. The Morgan fingerprint density at radius 3 is 2.44 bits per heavy atom. The van der Waals surface area contributed by atoms with Crippen LogP contribution in [0.1, 0.15) is 40.5 Å². The topological polar surface area (TPSA) is 29.1 Å². The Morgan fingerprint density at radius 1 is 1.19 bits per heavy atom. The molecule has 0 rings (SSSR count). The van der Waals surface area contributed by atoms with E-state index in [9.17, 15) is 4.79 Å². The van der Waals surface area contributed by atoms with Crippen LogP contribution >= 0.6 is 0 Å². The molecule has 1 N–H and O–H groups in total. The van der Waals surface area contributed by atoms with E-state index in [1.54, 1.807) is 6.08 Å². The van der Waals surface area contributed by atoms with Crippen LogP contribution in [0, 0.1) is 0 Å². The molecule has 0 aliphatic carbocycles. The summed E-state index contributed by atoms with van der Waals surface area (Å²) in [5.41, 5.74) is 2.67. The van der Waals surface area contributed by atoms with Crippen LogP contribution in [0.3, 0.4) is 0 Å². The molecule has 2 heteroatoms. The zero-order valence-corrected chi connectivity index (χ0v) is 10.8. The summed E-state index contributed by atoms with van der Waals surface area (Å²) >= 11 is 0. The lowest BCUT2D eigenvalue weighted by Crippen LogP contribution is -2.20. The molecule has 0 fully saturated rings. The zero-order chi connectivity index (χ0) is 12.4. The molecule has 0 aromatic heterocycles. The van der Waals surface area contributed by atoms with Crippen molar-refractivity contribution in [2.75, 3.05) is 6.54 Å². The van der Waals surface area contributed by atoms with Crippen molar-refractivity contribution in [3.63, 3.8) is 0 Å². The Bertz CT molecular complexity index is 294. The Balaban J connectivity index is 3.79. The van der Waals surface area contributed by atoms with Crippen molar-refractivity contribution in [1.29, 1.82) is 0 Å². The molecule has 0 radical (unpaired) electrons. The molecule has 0 aliphatic rings. The molecule has 0 spiro atoms. The van der Waals surface area contributed by atoms with Crippen LogP contribution in [0.4, 0.5) is 0 Å². The first-order valence-corrected chi connectivity index (χ1v) is 5.75. The third-order valence-electron chi connectivity index (χ3n) is 2.14. The third kappa shape index (κ3) is 9.25. The van der Waals surface area contributed by atoms with Gasteiger partial charge in [-0.15, -0.1) is 0 Å². The summed E-state index contributed by atoms with van der Waals surface area (Å²) < 4.78 is 0. The number of allylic oxidation sites excluding steroid dienone is 4. The van der Waals surface area contributed by atoms with E-state index in [1.807, 2.05) is 6.92 Å². The highest BCUT2D eigenvalue weighted by atomic mass is 16.1. The highest BCUT2D eigenvalue weighted by Crippen LogP contribution is 2.05. The van der Waals surface area contributed by atoms with E-state index in [0.29, 0.717) is 6.54 Å². The minimum atomic E-state index is -0.0316. The summed E-state index contributed by atoms with van der Waals surface area (Å²) in [5.74, 6) is -0.0316. The Kier molecular flexibility index (Phi) is 8.22. The van der Waals surface area contributed by atoms with Crippen molar-refractivity contribution < 1.29 is 4.79 Å². The van der Waals surface area contributed by atoms with Gasteiger partial charge in [-0.1, -0.05) is 29.4 Å². The number of amides is 1. The number of hydrogen-bond acceptors (Lipinski definition) is 1. The number of rotatable bonds is 6. The summed E-state index contributed by atoms with van der Waals surface area (Å²) in [6, 6.07) is 0. The second-order valence-electron chi connectivity index (χ2n) is 4.12. The summed E-state index contributed by atoms with van der Waals surface area (Å²) in [7, 11) is 0. The largest absolute Gasteiger partial charge is 0.349 e. The van der Waals surface area contributed by atoms with Crippen LogP contribution < -0.4 is 5.32 Å². The predicted octanol–water partition coefficient (Wildman–Crippen LogP) is 3.37. The van der Waals surface area contributed by atoms with Crippen molar-refractivity contribution in [3.8, 4) is 0 Å². The standard InChI is InChI=1S/C14H23NO/c1-5-7-14(16)15-11-10-13(4)9-6-8-12(2)3/h5,7-8,10H,6,9,11H2,1-4H3,(H,15,16)/b7-5-,13-10+. The van der Waals surface area contributed by atoms with Gasteiger partial charge in [0.1, 0.15) is 0 Å². The fourth-order valence-electron chi connectivity index (χ4n) is 1.23. The molecule has 0 saturated heterocycles. The maximum Gasteiger partial charge on any atom is 0.243 e. The molecule has 0 aromatic carbocycles. The van der Waals surface area contributed by atoms with Gasteiger partial charge in [-0.2, -0.15) is 0 Å². The van der Waals surface area contributed by atoms with Gasteiger partial charge in [0.05, 0.1) is 0 Å². The van der Waals surface area contributed by atoms with Gasteiger partial charge in [-0.3, -0.25) is 4.79 Å². The average Bonchev–Trinajstić information content (AvgIpc) is 2.17. The van der Waals surface area contributed by atoms with Gasteiger partial charge in [0.15, 0.2) is 0 Å².